The number of carbonyl (C=O) groups excluding carboxylic acids is 1. The van der Waals surface area contributed by atoms with E-state index >= 15 is 0 Å². The van der Waals surface area contributed by atoms with Gasteiger partial charge in [-0.05, 0) is 5.92 Å². The lowest BCUT2D eigenvalue weighted by Gasteiger charge is -2.20. The van der Waals surface area contributed by atoms with Crippen molar-refractivity contribution in [1.82, 2.24) is 10.3 Å². The summed E-state index contributed by atoms with van der Waals surface area (Å²) in [6.45, 7) is 3.57. The molecule has 0 aliphatic carbocycles. The van der Waals surface area contributed by atoms with Crippen molar-refractivity contribution in [2.75, 3.05) is 0 Å². The van der Waals surface area contributed by atoms with Crippen LogP contribution in [0.3, 0.4) is 0 Å². The Morgan fingerprint density at radius 3 is 2.58 bits per heavy atom. The molecule has 1 aromatic rings. The molecule has 0 saturated heterocycles. The SMILES string of the molecule is CC(C)C(CC(=O)O)NC(=O)c1cc([N+](=O)[O-])c[nH]1. The van der Waals surface area contributed by atoms with Gasteiger partial charge in [-0.2, -0.15) is 0 Å². The Kier molecular flexibility index (Phi) is 4.62. The van der Waals surface area contributed by atoms with Gasteiger partial charge in [0.2, 0.25) is 0 Å². The van der Waals surface area contributed by atoms with Crippen molar-refractivity contribution in [2.45, 2.75) is 26.3 Å². The number of hydrogen-bond donors (Lipinski definition) is 3. The van der Waals surface area contributed by atoms with Crippen molar-refractivity contribution in [1.29, 1.82) is 0 Å². The Labute approximate surface area is 109 Å². The molecule has 1 rings (SSSR count). The summed E-state index contributed by atoms with van der Waals surface area (Å²) in [6, 6.07) is 0.570. The van der Waals surface area contributed by atoms with Gasteiger partial charge in [-0.1, -0.05) is 13.8 Å². The predicted molar refractivity (Wildman–Crippen MR) is 65.8 cm³/mol. The van der Waals surface area contributed by atoms with Crippen molar-refractivity contribution < 1.29 is 19.6 Å². The summed E-state index contributed by atoms with van der Waals surface area (Å²) < 4.78 is 0. The minimum atomic E-state index is -1.02. The average molecular weight is 269 g/mol. The lowest BCUT2D eigenvalue weighted by molar-refractivity contribution is -0.384. The number of hydrogen-bond acceptors (Lipinski definition) is 4. The van der Waals surface area contributed by atoms with Crippen LogP contribution in [0.15, 0.2) is 12.3 Å². The number of nitro groups is 1. The molecule has 8 heteroatoms. The summed E-state index contributed by atoms with van der Waals surface area (Å²) in [7, 11) is 0. The zero-order valence-electron chi connectivity index (χ0n) is 10.5. The van der Waals surface area contributed by atoms with E-state index in [9.17, 15) is 19.7 Å². The number of aromatic amines is 1. The zero-order valence-corrected chi connectivity index (χ0v) is 10.5. The Bertz CT molecular complexity index is 494. The van der Waals surface area contributed by atoms with Crippen LogP contribution in [0.25, 0.3) is 0 Å². The molecule has 1 atom stereocenters. The molecule has 19 heavy (non-hydrogen) atoms. The standard InChI is InChI=1S/C11H15N3O5/c1-6(2)8(4-10(15)16)13-11(17)9-3-7(5-12-9)14(18)19/h3,5-6,8,12H,4H2,1-2H3,(H,13,17)(H,15,16). The molecule has 1 heterocycles. The lowest BCUT2D eigenvalue weighted by atomic mass is 10.0. The fourth-order valence-corrected chi connectivity index (χ4v) is 1.51. The minimum absolute atomic E-state index is 0.0303. The van der Waals surface area contributed by atoms with Gasteiger partial charge in [-0.25, -0.2) is 0 Å². The second kappa shape index (κ2) is 5.98. The normalized spacial score (nSPS) is 12.2. The number of carboxylic acids is 1. The third-order valence-corrected chi connectivity index (χ3v) is 2.64. The maximum absolute atomic E-state index is 11.8. The first-order valence-electron chi connectivity index (χ1n) is 5.66. The van der Waals surface area contributed by atoms with Crippen LogP contribution in [0.1, 0.15) is 30.8 Å². The number of aromatic nitrogens is 1. The number of aliphatic carboxylic acids is 1. The molecule has 0 fully saturated rings. The third-order valence-electron chi connectivity index (χ3n) is 2.64. The maximum atomic E-state index is 11.8. The highest BCUT2D eigenvalue weighted by Crippen LogP contribution is 2.13. The number of carbonyl (C=O) groups is 2. The van der Waals surface area contributed by atoms with Gasteiger partial charge in [0.05, 0.1) is 17.5 Å². The summed E-state index contributed by atoms with van der Waals surface area (Å²) in [5, 5.41) is 21.8. The van der Waals surface area contributed by atoms with Crippen LogP contribution >= 0.6 is 0 Å². The molecule has 104 valence electrons. The van der Waals surface area contributed by atoms with Gasteiger partial charge < -0.3 is 15.4 Å². The largest absolute Gasteiger partial charge is 0.481 e. The van der Waals surface area contributed by atoms with Crippen LogP contribution in [0.4, 0.5) is 5.69 Å². The molecule has 0 aliphatic heterocycles. The number of rotatable bonds is 6. The Morgan fingerprint density at radius 1 is 1.53 bits per heavy atom. The highest BCUT2D eigenvalue weighted by Gasteiger charge is 2.22. The van der Waals surface area contributed by atoms with E-state index in [0.29, 0.717) is 0 Å². The molecule has 0 radical (unpaired) electrons. The highest BCUT2D eigenvalue weighted by atomic mass is 16.6. The molecule has 8 nitrogen and oxygen atoms in total. The first kappa shape index (κ1) is 14.7. The molecule has 0 saturated carbocycles. The van der Waals surface area contributed by atoms with Gasteiger partial charge >= 0.3 is 5.97 Å². The van der Waals surface area contributed by atoms with E-state index in [4.69, 9.17) is 5.11 Å². The van der Waals surface area contributed by atoms with Gasteiger partial charge in [-0.3, -0.25) is 19.7 Å². The van der Waals surface area contributed by atoms with Crippen molar-refractivity contribution in [2.24, 2.45) is 5.92 Å². The first-order valence-corrected chi connectivity index (χ1v) is 5.66. The van der Waals surface area contributed by atoms with Gasteiger partial charge in [0.15, 0.2) is 0 Å². The summed E-state index contributed by atoms with van der Waals surface area (Å²) in [4.78, 5) is 34.8. The van der Waals surface area contributed by atoms with Crippen LogP contribution in [-0.2, 0) is 4.79 Å². The molecule has 0 aliphatic rings. The van der Waals surface area contributed by atoms with E-state index in [-0.39, 0.29) is 23.7 Å². The Hall–Kier alpha value is -2.38. The van der Waals surface area contributed by atoms with E-state index in [1.54, 1.807) is 13.8 Å². The molecule has 0 aromatic carbocycles. The quantitative estimate of drug-likeness (QED) is 0.527. The molecular weight excluding hydrogens is 254 g/mol. The molecule has 1 unspecified atom stereocenters. The smallest absolute Gasteiger partial charge is 0.305 e. The zero-order chi connectivity index (χ0) is 14.6. The van der Waals surface area contributed by atoms with Crippen LogP contribution < -0.4 is 5.32 Å². The van der Waals surface area contributed by atoms with Crippen molar-refractivity contribution in [3.05, 3.63) is 28.1 Å². The number of H-pyrrole nitrogens is 1. The third kappa shape index (κ3) is 4.09. The average Bonchev–Trinajstić information content (AvgIpc) is 2.76. The molecule has 3 N–H and O–H groups in total. The van der Waals surface area contributed by atoms with Crippen LogP contribution in [0.5, 0.6) is 0 Å². The minimum Gasteiger partial charge on any atom is -0.481 e. The highest BCUT2D eigenvalue weighted by molar-refractivity contribution is 5.93. The molecule has 1 aromatic heterocycles. The lowest BCUT2D eigenvalue weighted by Crippen LogP contribution is -2.40. The van der Waals surface area contributed by atoms with Gasteiger partial charge in [0.25, 0.3) is 11.6 Å². The molecule has 0 bridgehead atoms. The first-order chi connectivity index (χ1) is 8.81. The number of nitrogens with one attached hydrogen (secondary N) is 2. The van der Waals surface area contributed by atoms with Crippen LogP contribution in [-0.4, -0.2) is 32.9 Å². The predicted octanol–water partition coefficient (Wildman–Crippen LogP) is 1.15. The summed E-state index contributed by atoms with van der Waals surface area (Å²) in [5.41, 5.74) is -0.188. The van der Waals surface area contributed by atoms with E-state index in [1.165, 1.54) is 0 Å². The summed E-state index contributed by atoms with van der Waals surface area (Å²) in [5.74, 6) is -1.64. The van der Waals surface area contributed by atoms with E-state index < -0.39 is 22.8 Å². The van der Waals surface area contributed by atoms with Crippen LogP contribution in [0, 0.1) is 16.0 Å². The summed E-state index contributed by atoms with van der Waals surface area (Å²) >= 11 is 0. The molecular formula is C11H15N3O5. The summed E-state index contributed by atoms with van der Waals surface area (Å²) in [6.07, 6.45) is 0.905. The van der Waals surface area contributed by atoms with Gasteiger partial charge in [-0.15, -0.1) is 0 Å². The van der Waals surface area contributed by atoms with E-state index in [0.717, 1.165) is 12.3 Å². The topological polar surface area (TPSA) is 125 Å². The second-order valence-corrected chi connectivity index (χ2v) is 4.45. The number of nitrogens with zero attached hydrogens (tertiary/aromatic N) is 1. The molecule has 0 spiro atoms. The Balaban J connectivity index is 2.75. The maximum Gasteiger partial charge on any atom is 0.305 e. The second-order valence-electron chi connectivity index (χ2n) is 4.45. The number of carboxylic acid groups (broad SMARTS) is 1. The monoisotopic (exact) mass is 269 g/mol. The fraction of sp³-hybridized carbons (Fsp3) is 0.455. The van der Waals surface area contributed by atoms with Gasteiger partial charge in [0, 0.05) is 12.1 Å². The van der Waals surface area contributed by atoms with E-state index in [2.05, 4.69) is 10.3 Å². The number of amides is 1. The van der Waals surface area contributed by atoms with Gasteiger partial charge in [0.1, 0.15) is 5.69 Å². The van der Waals surface area contributed by atoms with Crippen molar-refractivity contribution >= 4 is 17.6 Å². The van der Waals surface area contributed by atoms with Crippen LogP contribution in [0.2, 0.25) is 0 Å². The van der Waals surface area contributed by atoms with Crippen molar-refractivity contribution in [3.63, 3.8) is 0 Å². The Morgan fingerprint density at radius 2 is 2.16 bits per heavy atom. The molecule has 1 amide bonds. The fourth-order valence-electron chi connectivity index (χ4n) is 1.51. The van der Waals surface area contributed by atoms with Crippen molar-refractivity contribution in [3.8, 4) is 0 Å². The van der Waals surface area contributed by atoms with E-state index in [1.807, 2.05) is 0 Å².